The first-order chi connectivity index (χ1) is 8.49. The molecule has 3 unspecified atom stereocenters. The molecule has 1 saturated heterocycles. The summed E-state index contributed by atoms with van der Waals surface area (Å²) in [5.41, 5.74) is 6.44. The topological polar surface area (TPSA) is 56.5 Å². The first kappa shape index (κ1) is 14.3. The third-order valence-corrected chi connectivity index (χ3v) is 4.90. The van der Waals surface area contributed by atoms with Crippen molar-refractivity contribution in [3.05, 3.63) is 0 Å². The van der Waals surface area contributed by atoms with E-state index in [1.807, 2.05) is 6.92 Å². The summed E-state index contributed by atoms with van der Waals surface area (Å²) < 4.78 is 11.1. The molecule has 0 aromatic rings. The second-order valence-corrected chi connectivity index (χ2v) is 6.39. The van der Waals surface area contributed by atoms with Gasteiger partial charge in [0, 0.05) is 37.3 Å². The maximum Gasteiger partial charge on any atom is 0.0662 e. The molecular formula is C14H28N2O2. The Balaban J connectivity index is 1.75. The first-order valence-electron chi connectivity index (χ1n) is 7.18. The summed E-state index contributed by atoms with van der Waals surface area (Å²) in [5, 5.41) is 3.53. The maximum absolute atomic E-state index is 6.51. The molecule has 1 heterocycles. The van der Waals surface area contributed by atoms with Gasteiger partial charge in [0.1, 0.15) is 0 Å². The van der Waals surface area contributed by atoms with Crippen LogP contribution in [0.2, 0.25) is 0 Å². The van der Waals surface area contributed by atoms with Gasteiger partial charge in [0.15, 0.2) is 0 Å². The van der Waals surface area contributed by atoms with E-state index in [9.17, 15) is 0 Å². The van der Waals surface area contributed by atoms with Crippen LogP contribution in [0.4, 0.5) is 0 Å². The molecule has 0 aromatic heterocycles. The van der Waals surface area contributed by atoms with Crippen LogP contribution in [0, 0.1) is 11.3 Å². The van der Waals surface area contributed by atoms with Crippen molar-refractivity contribution >= 4 is 0 Å². The molecular weight excluding hydrogens is 228 g/mol. The smallest absolute Gasteiger partial charge is 0.0662 e. The van der Waals surface area contributed by atoms with Gasteiger partial charge in [0.2, 0.25) is 0 Å². The monoisotopic (exact) mass is 256 g/mol. The summed E-state index contributed by atoms with van der Waals surface area (Å²) in [6.45, 7) is 11.0. The normalized spacial score (nSPS) is 38.7. The van der Waals surface area contributed by atoms with Crippen LogP contribution in [-0.2, 0) is 9.47 Å². The molecule has 0 radical (unpaired) electrons. The highest BCUT2D eigenvalue weighted by molar-refractivity contribution is 5.14. The van der Waals surface area contributed by atoms with Crippen LogP contribution in [0.5, 0.6) is 0 Å². The van der Waals surface area contributed by atoms with E-state index < -0.39 is 0 Å². The van der Waals surface area contributed by atoms with E-state index >= 15 is 0 Å². The molecule has 0 bridgehead atoms. The molecule has 4 heteroatoms. The van der Waals surface area contributed by atoms with Crippen molar-refractivity contribution in [1.29, 1.82) is 0 Å². The molecule has 3 N–H and O–H groups in total. The quantitative estimate of drug-likeness (QED) is 0.748. The van der Waals surface area contributed by atoms with Crippen molar-refractivity contribution in [2.45, 2.75) is 45.3 Å². The second-order valence-electron chi connectivity index (χ2n) is 6.39. The number of hydrogen-bond donors (Lipinski definition) is 2. The highest BCUT2D eigenvalue weighted by Gasteiger charge is 2.58. The fourth-order valence-electron chi connectivity index (χ4n) is 3.05. The van der Waals surface area contributed by atoms with Crippen LogP contribution < -0.4 is 11.1 Å². The first-order valence-corrected chi connectivity index (χ1v) is 7.18. The summed E-state index contributed by atoms with van der Waals surface area (Å²) in [5.74, 6) is 0.666. The van der Waals surface area contributed by atoms with Crippen LogP contribution in [0.1, 0.15) is 33.6 Å². The molecule has 2 rings (SSSR count). The Morgan fingerprint density at radius 1 is 1.44 bits per heavy atom. The summed E-state index contributed by atoms with van der Waals surface area (Å²) in [6, 6.07) is 0. The van der Waals surface area contributed by atoms with Gasteiger partial charge in [-0.25, -0.2) is 0 Å². The minimum atomic E-state index is -0.133. The van der Waals surface area contributed by atoms with Crippen LogP contribution >= 0.6 is 0 Å². The van der Waals surface area contributed by atoms with Crippen LogP contribution in [-0.4, -0.2) is 44.6 Å². The summed E-state index contributed by atoms with van der Waals surface area (Å²) >= 11 is 0. The molecule has 0 spiro atoms. The zero-order valence-corrected chi connectivity index (χ0v) is 12.0. The highest BCUT2D eigenvalue weighted by atomic mass is 16.5. The summed E-state index contributed by atoms with van der Waals surface area (Å²) in [6.07, 6.45) is 2.45. The van der Waals surface area contributed by atoms with Crippen molar-refractivity contribution in [3.63, 3.8) is 0 Å². The average molecular weight is 256 g/mol. The number of rotatable bonds is 6. The molecule has 1 aliphatic heterocycles. The largest absolute Gasteiger partial charge is 0.381 e. The van der Waals surface area contributed by atoms with E-state index in [0.717, 1.165) is 39.3 Å². The number of ether oxygens (including phenoxy) is 2. The Bertz CT molecular complexity index is 277. The second kappa shape index (κ2) is 5.45. The van der Waals surface area contributed by atoms with Crippen molar-refractivity contribution in [3.8, 4) is 0 Å². The minimum Gasteiger partial charge on any atom is -0.381 e. The van der Waals surface area contributed by atoms with Crippen LogP contribution in [0.25, 0.3) is 0 Å². The van der Waals surface area contributed by atoms with E-state index in [-0.39, 0.29) is 11.0 Å². The van der Waals surface area contributed by atoms with E-state index in [1.54, 1.807) is 0 Å². The molecule has 2 aliphatic rings. The zero-order chi connectivity index (χ0) is 13.2. The van der Waals surface area contributed by atoms with Crippen molar-refractivity contribution in [2.24, 2.45) is 17.1 Å². The lowest BCUT2D eigenvalue weighted by Gasteiger charge is -2.59. The molecule has 106 valence electrons. The van der Waals surface area contributed by atoms with Crippen LogP contribution in [0.3, 0.4) is 0 Å². The van der Waals surface area contributed by atoms with E-state index in [1.165, 1.54) is 6.42 Å². The van der Waals surface area contributed by atoms with Crippen molar-refractivity contribution < 1.29 is 9.47 Å². The van der Waals surface area contributed by atoms with Crippen molar-refractivity contribution in [1.82, 2.24) is 5.32 Å². The predicted octanol–water partition coefficient (Wildman–Crippen LogP) is 1.15. The third kappa shape index (κ3) is 2.57. The van der Waals surface area contributed by atoms with Crippen LogP contribution in [0.15, 0.2) is 0 Å². The molecule has 3 atom stereocenters. The average Bonchev–Trinajstić information content (AvgIpc) is 2.82. The van der Waals surface area contributed by atoms with E-state index in [4.69, 9.17) is 15.2 Å². The maximum atomic E-state index is 6.51. The van der Waals surface area contributed by atoms with Gasteiger partial charge in [-0.2, -0.15) is 0 Å². The minimum absolute atomic E-state index is 0.0577. The number of nitrogens with two attached hydrogens (primary N) is 1. The zero-order valence-electron chi connectivity index (χ0n) is 12.0. The lowest BCUT2D eigenvalue weighted by atomic mass is 9.54. The van der Waals surface area contributed by atoms with E-state index in [0.29, 0.717) is 12.0 Å². The van der Waals surface area contributed by atoms with Gasteiger partial charge in [-0.1, -0.05) is 13.8 Å². The fraction of sp³-hybridized carbons (Fsp3) is 1.00. The van der Waals surface area contributed by atoms with Gasteiger partial charge in [-0.05, 0) is 25.7 Å². The third-order valence-electron chi connectivity index (χ3n) is 4.90. The van der Waals surface area contributed by atoms with E-state index in [2.05, 4.69) is 19.2 Å². The lowest BCUT2D eigenvalue weighted by Crippen LogP contribution is -2.73. The Hall–Kier alpha value is -0.160. The van der Waals surface area contributed by atoms with Gasteiger partial charge in [-0.3, -0.25) is 0 Å². The molecule has 4 nitrogen and oxygen atoms in total. The van der Waals surface area contributed by atoms with Gasteiger partial charge in [0.25, 0.3) is 0 Å². The predicted molar refractivity (Wildman–Crippen MR) is 72.5 cm³/mol. The van der Waals surface area contributed by atoms with Gasteiger partial charge >= 0.3 is 0 Å². The number of nitrogens with one attached hydrogen (secondary N) is 1. The highest BCUT2D eigenvalue weighted by Crippen LogP contribution is 2.49. The molecule has 1 aliphatic carbocycles. The SMILES string of the molecule is CCOC1CC(N)(CNCC2CCOC2)C1(C)C. The lowest BCUT2D eigenvalue weighted by molar-refractivity contribution is -0.148. The summed E-state index contributed by atoms with van der Waals surface area (Å²) in [4.78, 5) is 0. The molecule has 18 heavy (non-hydrogen) atoms. The van der Waals surface area contributed by atoms with Crippen molar-refractivity contribution in [2.75, 3.05) is 32.9 Å². The molecule has 0 amide bonds. The molecule has 2 fully saturated rings. The number of hydrogen-bond acceptors (Lipinski definition) is 4. The summed E-state index contributed by atoms with van der Waals surface area (Å²) in [7, 11) is 0. The van der Waals surface area contributed by atoms with Gasteiger partial charge in [0.05, 0.1) is 12.7 Å². The molecule has 1 saturated carbocycles. The Morgan fingerprint density at radius 2 is 2.22 bits per heavy atom. The standard InChI is InChI=1S/C14H28N2O2/c1-4-18-12-7-14(15,13(12,2)3)10-16-8-11-5-6-17-9-11/h11-12,16H,4-10,15H2,1-3H3. The molecule has 0 aromatic carbocycles. The Kier molecular flexibility index (Phi) is 4.32. The Labute approximate surface area is 111 Å². The Morgan fingerprint density at radius 3 is 2.78 bits per heavy atom. The fourth-order valence-corrected chi connectivity index (χ4v) is 3.05. The van der Waals surface area contributed by atoms with Gasteiger partial charge < -0.3 is 20.5 Å². The van der Waals surface area contributed by atoms with Gasteiger partial charge in [-0.15, -0.1) is 0 Å².